The normalized spacial score (nSPS) is 27.2. The molecular formula is C13H19N3O2. The van der Waals surface area contributed by atoms with E-state index >= 15 is 0 Å². The minimum Gasteiger partial charge on any atom is -0.481 e. The molecule has 0 spiro atoms. The molecule has 2 heterocycles. The molecule has 0 radical (unpaired) electrons. The van der Waals surface area contributed by atoms with E-state index in [9.17, 15) is 0 Å². The molecule has 1 aliphatic heterocycles. The highest BCUT2D eigenvalue weighted by Crippen LogP contribution is 2.39. The maximum absolute atomic E-state index is 5.82. The van der Waals surface area contributed by atoms with Crippen molar-refractivity contribution in [1.82, 2.24) is 9.97 Å². The number of rotatable bonds is 4. The van der Waals surface area contributed by atoms with Crippen molar-refractivity contribution in [2.45, 2.75) is 38.3 Å². The van der Waals surface area contributed by atoms with E-state index in [1.807, 2.05) is 6.92 Å². The van der Waals surface area contributed by atoms with Crippen LogP contribution in [0.2, 0.25) is 0 Å². The zero-order valence-electron chi connectivity index (χ0n) is 10.8. The minimum absolute atomic E-state index is 0.352. The van der Waals surface area contributed by atoms with E-state index in [1.165, 1.54) is 19.2 Å². The van der Waals surface area contributed by atoms with Crippen LogP contribution in [0.1, 0.15) is 24.8 Å². The summed E-state index contributed by atoms with van der Waals surface area (Å²) in [7, 11) is 1.63. The van der Waals surface area contributed by atoms with Crippen LogP contribution < -0.4 is 10.1 Å². The molecule has 0 amide bonds. The summed E-state index contributed by atoms with van der Waals surface area (Å²) in [5, 5.41) is 3.50. The van der Waals surface area contributed by atoms with Crippen LogP contribution in [-0.2, 0) is 4.74 Å². The van der Waals surface area contributed by atoms with E-state index < -0.39 is 0 Å². The molecule has 2 fully saturated rings. The van der Waals surface area contributed by atoms with E-state index in [4.69, 9.17) is 9.47 Å². The van der Waals surface area contributed by atoms with Crippen LogP contribution in [-0.4, -0.2) is 35.8 Å². The van der Waals surface area contributed by atoms with Crippen LogP contribution in [0, 0.1) is 12.8 Å². The smallest absolute Gasteiger partial charge is 0.221 e. The van der Waals surface area contributed by atoms with Gasteiger partial charge < -0.3 is 14.8 Å². The van der Waals surface area contributed by atoms with Gasteiger partial charge in [0.2, 0.25) is 5.88 Å². The van der Waals surface area contributed by atoms with Crippen molar-refractivity contribution in [3.05, 3.63) is 11.9 Å². The van der Waals surface area contributed by atoms with Gasteiger partial charge in [-0.15, -0.1) is 0 Å². The summed E-state index contributed by atoms with van der Waals surface area (Å²) >= 11 is 0. The van der Waals surface area contributed by atoms with E-state index in [-0.39, 0.29) is 0 Å². The zero-order valence-corrected chi connectivity index (χ0v) is 10.8. The molecule has 0 bridgehead atoms. The predicted molar refractivity (Wildman–Crippen MR) is 67.8 cm³/mol. The van der Waals surface area contributed by atoms with Gasteiger partial charge in [0.25, 0.3) is 0 Å². The first-order chi connectivity index (χ1) is 8.79. The molecule has 98 valence electrons. The summed E-state index contributed by atoms with van der Waals surface area (Å²) < 4.78 is 11.0. The van der Waals surface area contributed by atoms with Crippen LogP contribution in [0.4, 0.5) is 5.82 Å². The van der Waals surface area contributed by atoms with Gasteiger partial charge in [0.15, 0.2) is 0 Å². The van der Waals surface area contributed by atoms with Gasteiger partial charge in [0, 0.05) is 6.61 Å². The molecule has 1 aromatic rings. The largest absolute Gasteiger partial charge is 0.481 e. The Morgan fingerprint density at radius 2 is 2.17 bits per heavy atom. The van der Waals surface area contributed by atoms with Crippen molar-refractivity contribution < 1.29 is 9.47 Å². The Kier molecular flexibility index (Phi) is 3.07. The maximum Gasteiger partial charge on any atom is 0.221 e. The summed E-state index contributed by atoms with van der Waals surface area (Å²) in [5.41, 5.74) is 0.960. The SMILES string of the molecule is COc1ncnc(NC2CCOC2C2CC2)c1C. The fraction of sp³-hybridized carbons (Fsp3) is 0.692. The number of nitrogens with one attached hydrogen (secondary N) is 1. The Labute approximate surface area is 107 Å². The van der Waals surface area contributed by atoms with Crippen LogP contribution >= 0.6 is 0 Å². The summed E-state index contributed by atoms with van der Waals surface area (Å²) in [6.45, 7) is 2.82. The molecule has 2 atom stereocenters. The van der Waals surface area contributed by atoms with Gasteiger partial charge in [-0.2, -0.15) is 0 Å². The lowest BCUT2D eigenvalue weighted by Crippen LogP contribution is -2.31. The third-order valence-electron chi connectivity index (χ3n) is 3.78. The van der Waals surface area contributed by atoms with Gasteiger partial charge in [-0.3, -0.25) is 0 Å². The highest BCUT2D eigenvalue weighted by atomic mass is 16.5. The topological polar surface area (TPSA) is 56.3 Å². The van der Waals surface area contributed by atoms with Crippen LogP contribution in [0.15, 0.2) is 6.33 Å². The van der Waals surface area contributed by atoms with Crippen molar-refractivity contribution >= 4 is 5.82 Å². The zero-order chi connectivity index (χ0) is 12.5. The van der Waals surface area contributed by atoms with Crippen LogP contribution in [0.3, 0.4) is 0 Å². The summed E-state index contributed by atoms with van der Waals surface area (Å²) in [5.74, 6) is 2.24. The van der Waals surface area contributed by atoms with Crippen molar-refractivity contribution in [1.29, 1.82) is 0 Å². The molecule has 1 aromatic heterocycles. The first-order valence-corrected chi connectivity index (χ1v) is 6.53. The number of anilines is 1. The van der Waals surface area contributed by atoms with Crippen LogP contribution in [0.5, 0.6) is 5.88 Å². The standard InChI is InChI=1S/C13H19N3O2/c1-8-12(14-7-15-13(8)17-2)16-10-5-6-18-11(10)9-3-4-9/h7,9-11H,3-6H2,1-2H3,(H,14,15,16). The second-order valence-electron chi connectivity index (χ2n) is 5.07. The average molecular weight is 249 g/mol. The molecule has 3 rings (SSSR count). The third kappa shape index (κ3) is 2.14. The fourth-order valence-electron chi connectivity index (χ4n) is 2.62. The summed E-state index contributed by atoms with van der Waals surface area (Å²) in [6, 6.07) is 0.371. The lowest BCUT2D eigenvalue weighted by Gasteiger charge is -2.21. The number of ether oxygens (including phenoxy) is 2. The van der Waals surface area contributed by atoms with Crippen molar-refractivity contribution in [2.75, 3.05) is 19.0 Å². The van der Waals surface area contributed by atoms with Crippen LogP contribution in [0.25, 0.3) is 0 Å². The molecule has 1 saturated carbocycles. The van der Waals surface area contributed by atoms with Gasteiger partial charge >= 0.3 is 0 Å². The molecule has 18 heavy (non-hydrogen) atoms. The fourth-order valence-corrected chi connectivity index (χ4v) is 2.62. The lowest BCUT2D eigenvalue weighted by atomic mass is 10.1. The lowest BCUT2D eigenvalue weighted by molar-refractivity contribution is 0.0898. The predicted octanol–water partition coefficient (Wildman–Crippen LogP) is 1.77. The number of methoxy groups -OCH3 is 1. The third-order valence-corrected chi connectivity index (χ3v) is 3.78. The van der Waals surface area contributed by atoms with Crippen molar-refractivity contribution in [2.24, 2.45) is 5.92 Å². The number of hydrogen-bond donors (Lipinski definition) is 1. The highest BCUT2D eigenvalue weighted by Gasteiger charge is 2.40. The molecule has 1 saturated heterocycles. The van der Waals surface area contributed by atoms with Gasteiger partial charge in [-0.25, -0.2) is 9.97 Å². The Bertz CT molecular complexity index is 434. The summed E-state index contributed by atoms with van der Waals surface area (Å²) in [6.07, 6.45) is 5.54. The number of nitrogens with zero attached hydrogens (tertiary/aromatic N) is 2. The first kappa shape index (κ1) is 11.7. The molecular weight excluding hydrogens is 230 g/mol. The van der Waals surface area contributed by atoms with Crippen molar-refractivity contribution in [3.63, 3.8) is 0 Å². The quantitative estimate of drug-likeness (QED) is 0.881. The Morgan fingerprint density at radius 3 is 2.89 bits per heavy atom. The van der Waals surface area contributed by atoms with E-state index in [1.54, 1.807) is 7.11 Å². The monoisotopic (exact) mass is 249 g/mol. The first-order valence-electron chi connectivity index (χ1n) is 6.53. The highest BCUT2D eigenvalue weighted by molar-refractivity contribution is 5.48. The Balaban J connectivity index is 1.75. The van der Waals surface area contributed by atoms with Gasteiger partial charge in [0.1, 0.15) is 12.1 Å². The summed E-state index contributed by atoms with van der Waals surface area (Å²) in [4.78, 5) is 8.40. The molecule has 2 aliphatic rings. The second-order valence-corrected chi connectivity index (χ2v) is 5.07. The Morgan fingerprint density at radius 1 is 1.33 bits per heavy atom. The molecule has 1 aliphatic carbocycles. The molecule has 5 nitrogen and oxygen atoms in total. The average Bonchev–Trinajstić information content (AvgIpc) is 3.13. The molecule has 1 N–H and O–H groups in total. The number of aromatic nitrogens is 2. The maximum atomic E-state index is 5.82. The van der Waals surface area contributed by atoms with E-state index in [0.717, 1.165) is 30.3 Å². The Hall–Kier alpha value is -1.36. The second kappa shape index (κ2) is 4.72. The van der Waals surface area contributed by atoms with Gasteiger partial charge in [-0.05, 0) is 32.1 Å². The van der Waals surface area contributed by atoms with E-state index in [0.29, 0.717) is 18.0 Å². The van der Waals surface area contributed by atoms with Gasteiger partial charge in [0.05, 0.1) is 24.8 Å². The molecule has 5 heteroatoms. The molecule has 2 unspecified atom stereocenters. The molecule has 0 aromatic carbocycles. The van der Waals surface area contributed by atoms with Crippen molar-refractivity contribution in [3.8, 4) is 5.88 Å². The van der Waals surface area contributed by atoms with Gasteiger partial charge in [-0.1, -0.05) is 0 Å². The minimum atomic E-state index is 0.352. The number of hydrogen-bond acceptors (Lipinski definition) is 5. The van der Waals surface area contributed by atoms with E-state index in [2.05, 4.69) is 15.3 Å².